The maximum absolute atomic E-state index is 13.4. The van der Waals surface area contributed by atoms with E-state index in [0.29, 0.717) is 5.56 Å². The first-order valence-electron chi connectivity index (χ1n) is 5.34. The maximum atomic E-state index is 13.4. The summed E-state index contributed by atoms with van der Waals surface area (Å²) in [6, 6.07) is 6.40. The van der Waals surface area contributed by atoms with Crippen molar-refractivity contribution in [2.45, 2.75) is 6.54 Å². The maximum Gasteiger partial charge on any atom is 0.196 e. The van der Waals surface area contributed by atoms with Gasteiger partial charge in [-0.1, -0.05) is 17.7 Å². The van der Waals surface area contributed by atoms with Crippen molar-refractivity contribution in [3.05, 3.63) is 58.4 Å². The lowest BCUT2D eigenvalue weighted by Gasteiger charge is -2.09. The average molecular weight is 288 g/mol. The van der Waals surface area contributed by atoms with Crippen LogP contribution in [0.5, 0.6) is 5.75 Å². The van der Waals surface area contributed by atoms with E-state index in [-0.39, 0.29) is 23.0 Å². The van der Waals surface area contributed by atoms with Gasteiger partial charge in [0.2, 0.25) is 0 Å². The molecule has 0 saturated heterocycles. The number of rotatable bonds is 3. The molecule has 0 atom stereocenters. The SMILES string of the molecule is Oc1ccc(CNc2ccc(F)c(F)c2F)cc1Cl. The number of hydrogen-bond acceptors (Lipinski definition) is 2. The molecule has 0 aliphatic heterocycles. The molecule has 0 bridgehead atoms. The molecule has 2 rings (SSSR count). The topological polar surface area (TPSA) is 32.3 Å². The van der Waals surface area contributed by atoms with Gasteiger partial charge in [-0.05, 0) is 29.8 Å². The highest BCUT2D eigenvalue weighted by atomic mass is 35.5. The van der Waals surface area contributed by atoms with Crippen molar-refractivity contribution < 1.29 is 18.3 Å². The van der Waals surface area contributed by atoms with Gasteiger partial charge in [-0.3, -0.25) is 0 Å². The molecule has 2 aromatic rings. The van der Waals surface area contributed by atoms with E-state index in [9.17, 15) is 18.3 Å². The van der Waals surface area contributed by atoms with Gasteiger partial charge in [0.1, 0.15) is 5.75 Å². The van der Waals surface area contributed by atoms with Gasteiger partial charge < -0.3 is 10.4 Å². The monoisotopic (exact) mass is 287 g/mol. The largest absolute Gasteiger partial charge is 0.506 e. The van der Waals surface area contributed by atoms with Crippen molar-refractivity contribution in [2.24, 2.45) is 0 Å². The van der Waals surface area contributed by atoms with E-state index in [1.54, 1.807) is 6.07 Å². The molecule has 0 unspecified atom stereocenters. The van der Waals surface area contributed by atoms with Crippen LogP contribution in [0.15, 0.2) is 30.3 Å². The first kappa shape index (κ1) is 13.5. The fourth-order valence-electron chi connectivity index (χ4n) is 1.52. The van der Waals surface area contributed by atoms with E-state index in [0.717, 1.165) is 12.1 Å². The number of halogens is 4. The lowest BCUT2D eigenvalue weighted by molar-refractivity contribution is 0.449. The smallest absolute Gasteiger partial charge is 0.196 e. The second-order valence-electron chi connectivity index (χ2n) is 3.86. The lowest BCUT2D eigenvalue weighted by atomic mass is 10.2. The van der Waals surface area contributed by atoms with Crippen LogP contribution in [-0.2, 0) is 6.54 Å². The second-order valence-corrected chi connectivity index (χ2v) is 4.27. The molecule has 0 aliphatic carbocycles. The Morgan fingerprint density at radius 2 is 1.79 bits per heavy atom. The standard InChI is InChI=1S/C13H9ClF3NO/c14-8-5-7(1-4-11(8)19)6-18-10-3-2-9(15)12(16)13(10)17/h1-5,18-19H,6H2. The Morgan fingerprint density at radius 1 is 1.05 bits per heavy atom. The van der Waals surface area contributed by atoms with E-state index in [1.165, 1.54) is 12.1 Å². The van der Waals surface area contributed by atoms with Crippen LogP contribution in [0, 0.1) is 17.5 Å². The highest BCUT2D eigenvalue weighted by molar-refractivity contribution is 6.32. The number of anilines is 1. The molecule has 19 heavy (non-hydrogen) atoms. The molecule has 0 heterocycles. The van der Waals surface area contributed by atoms with E-state index >= 15 is 0 Å². The minimum Gasteiger partial charge on any atom is -0.506 e. The van der Waals surface area contributed by atoms with Crippen molar-refractivity contribution >= 4 is 17.3 Å². The van der Waals surface area contributed by atoms with Gasteiger partial charge in [-0.15, -0.1) is 0 Å². The summed E-state index contributed by atoms with van der Waals surface area (Å²) in [7, 11) is 0. The Labute approximate surface area is 112 Å². The molecule has 2 aromatic carbocycles. The second kappa shape index (κ2) is 5.40. The molecule has 0 spiro atoms. The summed E-state index contributed by atoms with van der Waals surface area (Å²) in [5.41, 5.74) is 0.509. The number of nitrogens with one attached hydrogen (secondary N) is 1. The van der Waals surface area contributed by atoms with Crippen molar-refractivity contribution in [1.82, 2.24) is 0 Å². The molecule has 6 heteroatoms. The fourth-order valence-corrected chi connectivity index (χ4v) is 1.72. The molecule has 0 aliphatic rings. The molecule has 0 aromatic heterocycles. The van der Waals surface area contributed by atoms with E-state index in [2.05, 4.69) is 5.32 Å². The number of aromatic hydroxyl groups is 1. The van der Waals surface area contributed by atoms with Gasteiger partial charge in [-0.2, -0.15) is 0 Å². The zero-order valence-corrected chi connectivity index (χ0v) is 10.3. The Balaban J connectivity index is 2.14. The summed E-state index contributed by atoms with van der Waals surface area (Å²) in [6.07, 6.45) is 0. The molecule has 0 fully saturated rings. The van der Waals surface area contributed by atoms with E-state index in [4.69, 9.17) is 11.6 Å². The summed E-state index contributed by atoms with van der Waals surface area (Å²) < 4.78 is 39.1. The van der Waals surface area contributed by atoms with E-state index < -0.39 is 17.5 Å². The summed E-state index contributed by atoms with van der Waals surface area (Å²) in [5, 5.41) is 12.0. The molecule has 0 radical (unpaired) electrons. The van der Waals surface area contributed by atoms with Crippen LogP contribution < -0.4 is 5.32 Å². The third kappa shape index (κ3) is 2.93. The molecule has 0 amide bonds. The Morgan fingerprint density at radius 3 is 2.47 bits per heavy atom. The summed E-state index contributed by atoms with van der Waals surface area (Å²) in [4.78, 5) is 0. The highest BCUT2D eigenvalue weighted by Gasteiger charge is 2.13. The van der Waals surface area contributed by atoms with Crippen molar-refractivity contribution in [3.8, 4) is 5.75 Å². The lowest BCUT2D eigenvalue weighted by Crippen LogP contribution is -2.03. The van der Waals surface area contributed by atoms with Gasteiger partial charge in [-0.25, -0.2) is 13.2 Å². The van der Waals surface area contributed by atoms with Crippen LogP contribution in [-0.4, -0.2) is 5.11 Å². The van der Waals surface area contributed by atoms with Crippen molar-refractivity contribution in [1.29, 1.82) is 0 Å². The van der Waals surface area contributed by atoms with Crippen LogP contribution in [0.2, 0.25) is 5.02 Å². The van der Waals surface area contributed by atoms with Crippen LogP contribution in [0.1, 0.15) is 5.56 Å². The average Bonchev–Trinajstić information content (AvgIpc) is 2.39. The Hall–Kier alpha value is -1.88. The number of phenolic OH excluding ortho intramolecular Hbond substituents is 1. The fraction of sp³-hybridized carbons (Fsp3) is 0.0769. The zero-order valence-electron chi connectivity index (χ0n) is 9.55. The first-order valence-corrected chi connectivity index (χ1v) is 5.71. The Bertz CT molecular complexity index is 619. The van der Waals surface area contributed by atoms with Gasteiger partial charge in [0.15, 0.2) is 17.5 Å². The summed E-state index contributed by atoms with van der Waals surface area (Å²) in [5.74, 6) is -4.10. The normalized spacial score (nSPS) is 10.5. The quantitative estimate of drug-likeness (QED) is 0.834. The van der Waals surface area contributed by atoms with Crippen LogP contribution in [0.3, 0.4) is 0 Å². The highest BCUT2D eigenvalue weighted by Crippen LogP contribution is 2.25. The van der Waals surface area contributed by atoms with Gasteiger partial charge >= 0.3 is 0 Å². The third-order valence-corrected chi connectivity index (χ3v) is 2.83. The van der Waals surface area contributed by atoms with Crippen LogP contribution >= 0.6 is 11.6 Å². The molecule has 2 N–H and O–H groups in total. The van der Waals surface area contributed by atoms with Crippen molar-refractivity contribution in [3.63, 3.8) is 0 Å². The first-order chi connectivity index (χ1) is 8.99. The minimum absolute atomic E-state index is 0.0653. The number of hydrogen-bond donors (Lipinski definition) is 2. The zero-order chi connectivity index (χ0) is 14.0. The van der Waals surface area contributed by atoms with Gasteiger partial charge in [0, 0.05) is 6.54 Å². The molecule has 2 nitrogen and oxygen atoms in total. The van der Waals surface area contributed by atoms with Crippen LogP contribution in [0.25, 0.3) is 0 Å². The number of benzene rings is 2. The minimum atomic E-state index is -1.52. The number of phenols is 1. The summed E-state index contributed by atoms with van der Waals surface area (Å²) in [6.45, 7) is 0.155. The van der Waals surface area contributed by atoms with E-state index in [1.807, 2.05) is 0 Å². The molecular weight excluding hydrogens is 279 g/mol. The summed E-state index contributed by atoms with van der Waals surface area (Å²) >= 11 is 5.71. The molecule has 100 valence electrons. The van der Waals surface area contributed by atoms with Gasteiger partial charge in [0.25, 0.3) is 0 Å². The van der Waals surface area contributed by atoms with Crippen molar-refractivity contribution in [2.75, 3.05) is 5.32 Å². The molecule has 0 saturated carbocycles. The van der Waals surface area contributed by atoms with Crippen LogP contribution in [0.4, 0.5) is 18.9 Å². The van der Waals surface area contributed by atoms with Gasteiger partial charge in [0.05, 0.1) is 10.7 Å². The third-order valence-electron chi connectivity index (χ3n) is 2.53. The predicted octanol–water partition coefficient (Wildman–Crippen LogP) is 4.08. The Kier molecular flexibility index (Phi) is 3.85. The molecular formula is C13H9ClF3NO. The predicted molar refractivity (Wildman–Crippen MR) is 66.8 cm³/mol.